The molecule has 1 aliphatic heterocycles. The first-order valence-corrected chi connectivity index (χ1v) is 10.3. The van der Waals surface area contributed by atoms with Crippen LogP contribution in [0.2, 0.25) is 0 Å². The van der Waals surface area contributed by atoms with Crippen LogP contribution >= 0.6 is 0 Å². The molecule has 1 N–H and O–H groups in total. The molecule has 0 aromatic carbocycles. The third-order valence-electron chi connectivity index (χ3n) is 4.87. The lowest BCUT2D eigenvalue weighted by molar-refractivity contribution is 0.0536. The second kappa shape index (κ2) is 13.3. The smallest absolute Gasteiger partial charge is 0.193 e. The van der Waals surface area contributed by atoms with Crippen molar-refractivity contribution in [1.29, 1.82) is 0 Å². The highest BCUT2D eigenvalue weighted by Gasteiger charge is 2.25. The molecule has 1 saturated heterocycles. The zero-order chi connectivity index (χ0) is 19.4. The van der Waals surface area contributed by atoms with Gasteiger partial charge in [-0.25, -0.2) is 0 Å². The SMILES string of the molecule is CCNC(=NCCCN(C(C)C)C(C)C)N1CCC(COCCOC)C1. The highest BCUT2D eigenvalue weighted by atomic mass is 16.5. The molecule has 0 saturated carbocycles. The van der Waals surface area contributed by atoms with Gasteiger partial charge < -0.3 is 19.7 Å². The minimum atomic E-state index is 0.588. The van der Waals surface area contributed by atoms with Gasteiger partial charge in [-0.1, -0.05) is 0 Å². The molecule has 1 aliphatic rings. The summed E-state index contributed by atoms with van der Waals surface area (Å²) in [5, 5.41) is 3.46. The molecule has 6 nitrogen and oxygen atoms in total. The van der Waals surface area contributed by atoms with Gasteiger partial charge in [-0.2, -0.15) is 0 Å². The monoisotopic (exact) mass is 370 g/mol. The zero-order valence-corrected chi connectivity index (χ0v) is 18.0. The lowest BCUT2D eigenvalue weighted by Gasteiger charge is -2.30. The van der Waals surface area contributed by atoms with Crippen molar-refractivity contribution < 1.29 is 9.47 Å². The predicted octanol–water partition coefficient (Wildman–Crippen LogP) is 2.45. The summed E-state index contributed by atoms with van der Waals surface area (Å²) in [5.74, 6) is 1.65. The fourth-order valence-corrected chi connectivity index (χ4v) is 3.53. The van der Waals surface area contributed by atoms with Gasteiger partial charge in [-0.3, -0.25) is 9.89 Å². The molecule has 1 unspecified atom stereocenters. The Morgan fingerprint density at radius 2 is 1.96 bits per heavy atom. The van der Waals surface area contributed by atoms with Gasteiger partial charge >= 0.3 is 0 Å². The molecule has 0 bridgehead atoms. The Hall–Kier alpha value is -0.850. The maximum atomic E-state index is 5.70. The number of hydrogen-bond acceptors (Lipinski definition) is 4. The molecule has 0 aromatic heterocycles. The first-order chi connectivity index (χ1) is 12.5. The van der Waals surface area contributed by atoms with Gasteiger partial charge in [0, 0.05) is 57.8 Å². The fourth-order valence-electron chi connectivity index (χ4n) is 3.53. The van der Waals surface area contributed by atoms with Crippen LogP contribution in [0.15, 0.2) is 4.99 Å². The molecule has 1 fully saturated rings. The number of guanidine groups is 1. The maximum Gasteiger partial charge on any atom is 0.193 e. The van der Waals surface area contributed by atoms with Gasteiger partial charge in [-0.15, -0.1) is 0 Å². The third-order valence-corrected chi connectivity index (χ3v) is 4.87. The number of methoxy groups -OCH3 is 1. The Morgan fingerprint density at radius 1 is 1.23 bits per heavy atom. The van der Waals surface area contributed by atoms with Crippen molar-refractivity contribution in [2.24, 2.45) is 10.9 Å². The number of likely N-dealkylation sites (tertiary alicyclic amines) is 1. The van der Waals surface area contributed by atoms with Crippen LogP contribution in [0, 0.1) is 5.92 Å². The molecule has 0 aliphatic carbocycles. The van der Waals surface area contributed by atoms with Crippen LogP contribution in [0.5, 0.6) is 0 Å². The van der Waals surface area contributed by atoms with Gasteiger partial charge in [0.2, 0.25) is 0 Å². The van der Waals surface area contributed by atoms with Crippen LogP contribution in [-0.2, 0) is 9.47 Å². The van der Waals surface area contributed by atoms with Crippen molar-refractivity contribution in [2.75, 3.05) is 59.7 Å². The highest BCUT2D eigenvalue weighted by Crippen LogP contribution is 2.16. The van der Waals surface area contributed by atoms with Crippen LogP contribution in [0.3, 0.4) is 0 Å². The van der Waals surface area contributed by atoms with Crippen molar-refractivity contribution in [1.82, 2.24) is 15.1 Å². The Morgan fingerprint density at radius 3 is 2.58 bits per heavy atom. The van der Waals surface area contributed by atoms with Crippen molar-refractivity contribution in [3.63, 3.8) is 0 Å². The summed E-state index contributed by atoms with van der Waals surface area (Å²) in [5.41, 5.74) is 0. The van der Waals surface area contributed by atoms with E-state index in [4.69, 9.17) is 14.5 Å². The molecule has 6 heteroatoms. The lowest BCUT2D eigenvalue weighted by Crippen LogP contribution is -2.41. The van der Waals surface area contributed by atoms with Crippen molar-refractivity contribution in [3.8, 4) is 0 Å². The molecular weight excluding hydrogens is 328 g/mol. The average Bonchev–Trinajstić information content (AvgIpc) is 3.05. The van der Waals surface area contributed by atoms with Crippen LogP contribution < -0.4 is 5.32 Å². The molecule has 0 aromatic rings. The van der Waals surface area contributed by atoms with E-state index in [9.17, 15) is 0 Å². The summed E-state index contributed by atoms with van der Waals surface area (Å²) < 4.78 is 10.7. The standard InChI is InChI=1S/C20H42N4O2/c1-7-21-20(22-10-8-11-24(17(2)3)18(4)5)23-12-9-19(15-23)16-26-14-13-25-6/h17-19H,7-16H2,1-6H3,(H,21,22). The lowest BCUT2D eigenvalue weighted by atomic mass is 10.1. The Bertz CT molecular complexity index is 380. The van der Waals surface area contributed by atoms with Crippen LogP contribution in [0.4, 0.5) is 0 Å². The summed E-state index contributed by atoms with van der Waals surface area (Å²) >= 11 is 0. The topological polar surface area (TPSA) is 49.3 Å². The fraction of sp³-hybridized carbons (Fsp3) is 0.950. The zero-order valence-electron chi connectivity index (χ0n) is 18.0. The predicted molar refractivity (Wildman–Crippen MR) is 110 cm³/mol. The molecule has 1 rings (SSSR count). The quantitative estimate of drug-likeness (QED) is 0.325. The van der Waals surface area contributed by atoms with E-state index in [-0.39, 0.29) is 0 Å². The number of aliphatic imine (C=N–C) groups is 1. The van der Waals surface area contributed by atoms with E-state index in [1.807, 2.05) is 0 Å². The minimum Gasteiger partial charge on any atom is -0.382 e. The number of rotatable bonds is 12. The molecule has 1 heterocycles. The second-order valence-corrected chi connectivity index (χ2v) is 7.68. The van der Waals surface area contributed by atoms with Crippen molar-refractivity contribution >= 4 is 5.96 Å². The first-order valence-electron chi connectivity index (χ1n) is 10.3. The summed E-state index contributed by atoms with van der Waals surface area (Å²) in [4.78, 5) is 9.79. The van der Waals surface area contributed by atoms with Crippen molar-refractivity contribution in [2.45, 2.75) is 59.5 Å². The van der Waals surface area contributed by atoms with Gasteiger partial charge in [0.25, 0.3) is 0 Å². The van der Waals surface area contributed by atoms with Crippen LogP contribution in [0.25, 0.3) is 0 Å². The first kappa shape index (κ1) is 23.2. The molecule has 0 radical (unpaired) electrons. The van der Waals surface area contributed by atoms with E-state index in [0.29, 0.717) is 31.2 Å². The van der Waals surface area contributed by atoms with Gasteiger partial charge in [0.05, 0.1) is 19.8 Å². The minimum absolute atomic E-state index is 0.588. The van der Waals surface area contributed by atoms with E-state index in [1.165, 1.54) is 6.42 Å². The third kappa shape index (κ3) is 8.69. The Labute approximate surface area is 161 Å². The molecule has 0 amide bonds. The second-order valence-electron chi connectivity index (χ2n) is 7.68. The highest BCUT2D eigenvalue weighted by molar-refractivity contribution is 5.80. The van der Waals surface area contributed by atoms with E-state index < -0.39 is 0 Å². The summed E-state index contributed by atoms with van der Waals surface area (Å²) in [6.45, 7) is 18.4. The van der Waals surface area contributed by atoms with E-state index in [1.54, 1.807) is 7.11 Å². The summed E-state index contributed by atoms with van der Waals surface area (Å²) in [6.07, 6.45) is 2.27. The molecule has 154 valence electrons. The van der Waals surface area contributed by atoms with E-state index >= 15 is 0 Å². The van der Waals surface area contributed by atoms with E-state index in [0.717, 1.165) is 51.7 Å². The number of nitrogens with zero attached hydrogens (tertiary/aromatic N) is 3. The van der Waals surface area contributed by atoms with E-state index in [2.05, 4.69) is 49.7 Å². The molecular formula is C20H42N4O2. The molecule has 1 atom stereocenters. The Balaban J connectivity index is 2.41. The van der Waals surface area contributed by atoms with Crippen molar-refractivity contribution in [3.05, 3.63) is 0 Å². The maximum absolute atomic E-state index is 5.70. The normalized spacial score (nSPS) is 18.6. The van der Waals surface area contributed by atoms with Gasteiger partial charge in [0.1, 0.15) is 0 Å². The van der Waals surface area contributed by atoms with Gasteiger partial charge in [0.15, 0.2) is 5.96 Å². The summed E-state index contributed by atoms with van der Waals surface area (Å²) in [7, 11) is 1.71. The summed E-state index contributed by atoms with van der Waals surface area (Å²) in [6, 6.07) is 1.18. The largest absolute Gasteiger partial charge is 0.382 e. The number of nitrogens with one attached hydrogen (secondary N) is 1. The molecule has 0 spiro atoms. The van der Waals surface area contributed by atoms with Gasteiger partial charge in [-0.05, 0) is 47.5 Å². The van der Waals surface area contributed by atoms with Crippen LogP contribution in [0.1, 0.15) is 47.5 Å². The average molecular weight is 371 g/mol. The van der Waals surface area contributed by atoms with Crippen LogP contribution in [-0.4, -0.2) is 87.5 Å². The molecule has 26 heavy (non-hydrogen) atoms. The number of ether oxygens (including phenoxy) is 2. The number of hydrogen-bond donors (Lipinski definition) is 1. The Kier molecular flexibility index (Phi) is 11.9.